The predicted molar refractivity (Wildman–Crippen MR) is 120 cm³/mol. The zero-order valence-corrected chi connectivity index (χ0v) is 19.4. The van der Waals surface area contributed by atoms with Gasteiger partial charge in [0.05, 0.1) is 12.7 Å². The summed E-state index contributed by atoms with van der Waals surface area (Å²) in [7, 11) is 12.2. The third-order valence-electron chi connectivity index (χ3n) is 4.49. The summed E-state index contributed by atoms with van der Waals surface area (Å²) >= 11 is 5.78. The second kappa shape index (κ2) is 12.1. The zero-order chi connectivity index (χ0) is 24.8. The molecule has 2 aliphatic heterocycles. The van der Waals surface area contributed by atoms with Crippen LogP contribution >= 0.6 is 20.2 Å². The minimum absolute atomic E-state index is 0.0777. The first kappa shape index (κ1) is 27.5. The molecule has 0 amide bonds. The van der Waals surface area contributed by atoms with Crippen LogP contribution in [0.25, 0.3) is 0 Å². The van der Waals surface area contributed by atoms with E-state index in [1.54, 1.807) is 0 Å². The topological polar surface area (TPSA) is 132 Å². The number of nitrogens with zero attached hydrogens (tertiary/aromatic N) is 1. The molecule has 3 unspecified atom stereocenters. The first-order valence-corrected chi connectivity index (χ1v) is 10.9. The molecule has 1 saturated heterocycles. The van der Waals surface area contributed by atoms with E-state index in [0.717, 1.165) is 18.8 Å². The third kappa shape index (κ3) is 6.66. The fourth-order valence-corrected chi connectivity index (χ4v) is 4.30. The summed E-state index contributed by atoms with van der Waals surface area (Å²) in [5.74, 6) is 0.0114. The minimum atomic E-state index is -1.95. The van der Waals surface area contributed by atoms with E-state index in [1.807, 2.05) is 0 Å². The smallest absolute Gasteiger partial charge is 0.396 e. The maximum Gasteiger partial charge on any atom is 0.396 e. The predicted octanol–water partition coefficient (Wildman–Crippen LogP) is 1.07. The van der Waals surface area contributed by atoms with Gasteiger partial charge in [-0.2, -0.15) is 0 Å². The zero-order valence-electron chi connectivity index (χ0n) is 17.7. The van der Waals surface area contributed by atoms with Gasteiger partial charge in [-0.3, -0.25) is 18.9 Å². The summed E-state index contributed by atoms with van der Waals surface area (Å²) in [5.41, 5.74) is -0.816. The van der Waals surface area contributed by atoms with E-state index in [0.29, 0.717) is 24.2 Å². The van der Waals surface area contributed by atoms with E-state index >= 15 is 0 Å². The van der Waals surface area contributed by atoms with E-state index in [-0.39, 0.29) is 11.6 Å². The number of aliphatic hydroxyl groups is 2. The van der Waals surface area contributed by atoms with Crippen molar-refractivity contribution in [3.8, 4) is 5.75 Å². The van der Waals surface area contributed by atoms with Gasteiger partial charge in [0.15, 0.2) is 0 Å². The lowest BCUT2D eigenvalue weighted by Gasteiger charge is -2.36. The van der Waals surface area contributed by atoms with Crippen molar-refractivity contribution in [1.82, 2.24) is 9.55 Å². The van der Waals surface area contributed by atoms with E-state index < -0.39 is 43.4 Å². The van der Waals surface area contributed by atoms with Gasteiger partial charge in [-0.25, -0.2) is 9.18 Å². The van der Waals surface area contributed by atoms with Gasteiger partial charge in [-0.05, 0) is 31.0 Å². The normalized spacial score (nSPS) is 21.6. The number of nitrogens with one attached hydrogen (secondary N) is 1. The number of rotatable bonds is 4. The molecule has 10 nitrogen and oxygen atoms in total. The number of aromatic nitrogens is 2. The van der Waals surface area contributed by atoms with Crippen LogP contribution in [0, 0.1) is 5.82 Å². The molecule has 4 rings (SSSR count). The molecule has 2 aliphatic rings. The molecule has 1 aromatic heterocycles. The van der Waals surface area contributed by atoms with Crippen LogP contribution in [0.1, 0.15) is 24.6 Å². The quantitative estimate of drug-likeness (QED) is 0.420. The molecule has 3 atom stereocenters. The summed E-state index contributed by atoms with van der Waals surface area (Å²) in [6, 6.07) is 4.03. The third-order valence-corrected chi connectivity index (χ3v) is 5.91. The molecule has 2 aromatic rings. The number of benzene rings is 1. The standard InChI is InChI=1S/C16H13B2ClFN2O6P.2CH4O/c17-16(18,28-29-25-7-8-5-9(20)1-2-11(8)27-29)12-3-4-13(26-12)22-6-10(19)14(23)21-15(22)24;2*1-2/h1-2,5-6,12-13H,3-4,7H2,(H,21,23,24);2*2H,1H3. The van der Waals surface area contributed by atoms with E-state index in [2.05, 4.69) is 4.98 Å². The molecule has 0 saturated carbocycles. The Balaban J connectivity index is 0.000000914. The molecule has 176 valence electrons. The summed E-state index contributed by atoms with van der Waals surface area (Å²) in [6.45, 7) is 0.0777. The molecule has 0 bridgehead atoms. The van der Waals surface area contributed by atoms with Crippen molar-refractivity contribution in [2.45, 2.75) is 37.2 Å². The van der Waals surface area contributed by atoms with Gasteiger partial charge in [-0.1, -0.05) is 11.6 Å². The number of ether oxygens (including phenoxy) is 1. The van der Waals surface area contributed by atoms with Gasteiger partial charge in [0, 0.05) is 31.4 Å². The largest absolute Gasteiger partial charge is 0.426 e. The Morgan fingerprint density at radius 1 is 1.27 bits per heavy atom. The van der Waals surface area contributed by atoms with Crippen molar-refractivity contribution < 1.29 is 32.9 Å². The molecule has 1 fully saturated rings. The number of hydrogen-bond acceptors (Lipinski definition) is 8. The van der Waals surface area contributed by atoms with Gasteiger partial charge in [0.1, 0.15) is 38.5 Å². The van der Waals surface area contributed by atoms with Crippen molar-refractivity contribution in [2.75, 3.05) is 14.2 Å². The van der Waals surface area contributed by atoms with Gasteiger partial charge in [0.2, 0.25) is 0 Å². The fraction of sp³-hybridized carbons (Fsp3) is 0.444. The number of halogens is 2. The molecular formula is C18H21B2ClFN2O8P. The lowest BCUT2D eigenvalue weighted by Crippen LogP contribution is -2.45. The first-order chi connectivity index (χ1) is 15.7. The van der Waals surface area contributed by atoms with Crippen molar-refractivity contribution in [3.05, 3.63) is 61.6 Å². The number of aromatic amines is 1. The average molecular weight is 500 g/mol. The SMILES string of the molecule is CO.CO.[B]C([B])(OP1OCc2cc(F)ccc2O1)C1CCC(n2cc(Cl)c(=O)[nH]c2=O)O1. The number of fused-ring (bicyclic) bond motifs is 1. The molecule has 0 spiro atoms. The molecular weight excluding hydrogens is 479 g/mol. The number of H-pyrrole nitrogens is 1. The van der Waals surface area contributed by atoms with Gasteiger partial charge >= 0.3 is 14.3 Å². The van der Waals surface area contributed by atoms with Gasteiger partial charge in [0.25, 0.3) is 5.56 Å². The van der Waals surface area contributed by atoms with E-state index in [9.17, 15) is 14.0 Å². The summed E-state index contributed by atoms with van der Waals surface area (Å²) in [5, 5.41) is 12.1. The Bertz CT molecular complexity index is 1060. The highest BCUT2D eigenvalue weighted by atomic mass is 35.5. The van der Waals surface area contributed by atoms with Gasteiger partial charge in [-0.15, -0.1) is 0 Å². The van der Waals surface area contributed by atoms with E-state index in [1.165, 1.54) is 24.4 Å². The van der Waals surface area contributed by atoms with Crippen molar-refractivity contribution >= 4 is 35.9 Å². The Hall–Kier alpha value is -1.72. The van der Waals surface area contributed by atoms with Crippen molar-refractivity contribution in [3.63, 3.8) is 0 Å². The first-order valence-electron chi connectivity index (χ1n) is 9.45. The van der Waals surface area contributed by atoms with E-state index in [4.69, 9.17) is 55.8 Å². The molecule has 3 heterocycles. The van der Waals surface area contributed by atoms with Crippen LogP contribution < -0.4 is 15.8 Å². The molecule has 1 aromatic carbocycles. The van der Waals surface area contributed by atoms with Crippen LogP contribution in [-0.2, 0) is 20.4 Å². The Morgan fingerprint density at radius 2 is 1.97 bits per heavy atom. The summed E-state index contributed by atoms with van der Waals surface area (Å²) in [4.78, 5) is 25.5. The highest BCUT2D eigenvalue weighted by molar-refractivity contribution is 7.42. The Morgan fingerprint density at radius 3 is 2.67 bits per heavy atom. The van der Waals surface area contributed by atoms with Crippen LogP contribution in [0.4, 0.5) is 4.39 Å². The molecule has 4 radical (unpaired) electrons. The van der Waals surface area contributed by atoms with Crippen LogP contribution in [0.2, 0.25) is 5.02 Å². The van der Waals surface area contributed by atoms with Crippen LogP contribution in [0.3, 0.4) is 0 Å². The Labute approximate surface area is 197 Å². The fourth-order valence-electron chi connectivity index (χ4n) is 3.04. The molecule has 15 heteroatoms. The maximum absolute atomic E-state index is 13.3. The number of hydrogen-bond donors (Lipinski definition) is 3. The lowest BCUT2D eigenvalue weighted by atomic mass is 9.61. The average Bonchev–Trinajstić information content (AvgIpc) is 3.30. The minimum Gasteiger partial charge on any atom is -0.426 e. The van der Waals surface area contributed by atoms with Crippen molar-refractivity contribution in [2.24, 2.45) is 0 Å². The second-order valence-electron chi connectivity index (χ2n) is 6.59. The summed E-state index contributed by atoms with van der Waals surface area (Å²) < 4.78 is 36.8. The Kier molecular flexibility index (Phi) is 10.1. The maximum atomic E-state index is 13.3. The van der Waals surface area contributed by atoms with Crippen molar-refractivity contribution in [1.29, 1.82) is 0 Å². The highest BCUT2D eigenvalue weighted by Crippen LogP contribution is 2.50. The van der Waals surface area contributed by atoms with Crippen LogP contribution in [0.15, 0.2) is 34.0 Å². The monoisotopic (exact) mass is 500 g/mol. The van der Waals surface area contributed by atoms with Crippen LogP contribution in [0.5, 0.6) is 5.75 Å². The summed E-state index contributed by atoms with van der Waals surface area (Å²) in [6.07, 6.45) is 0.412. The highest BCUT2D eigenvalue weighted by Gasteiger charge is 2.41. The molecule has 3 N–H and O–H groups in total. The second-order valence-corrected chi connectivity index (χ2v) is 8.06. The number of aliphatic hydroxyl groups excluding tert-OH is 2. The molecule has 33 heavy (non-hydrogen) atoms. The molecule has 0 aliphatic carbocycles. The lowest BCUT2D eigenvalue weighted by molar-refractivity contribution is -0.0469. The van der Waals surface area contributed by atoms with Gasteiger partial charge < -0.3 is 24.0 Å². The van der Waals surface area contributed by atoms with Crippen LogP contribution in [-0.4, -0.2) is 61.2 Å².